The fourth-order valence-electron chi connectivity index (χ4n) is 4.62. The molecule has 0 bridgehead atoms. The molecule has 1 fully saturated rings. The first-order valence-corrected chi connectivity index (χ1v) is 12.3. The second-order valence-corrected chi connectivity index (χ2v) is 9.34. The summed E-state index contributed by atoms with van der Waals surface area (Å²) in [7, 11) is 0. The fourth-order valence-corrected chi connectivity index (χ4v) is 4.62. The van der Waals surface area contributed by atoms with Crippen LogP contribution in [-0.2, 0) is 43.7 Å². The van der Waals surface area contributed by atoms with Crippen LogP contribution in [0, 0.1) is 19.7 Å². The van der Waals surface area contributed by atoms with E-state index in [0.29, 0.717) is 5.56 Å². The Morgan fingerprint density at radius 3 is 2.24 bits per heavy atom. The third-order valence-electron chi connectivity index (χ3n) is 6.87. The van der Waals surface area contributed by atoms with Crippen LogP contribution in [0.1, 0.15) is 42.4 Å². The zero-order valence-electron chi connectivity index (χ0n) is 21.6. The predicted octanol–water partition coefficient (Wildman–Crippen LogP) is 5.75. The van der Waals surface area contributed by atoms with E-state index in [0.717, 1.165) is 34.6 Å². The summed E-state index contributed by atoms with van der Waals surface area (Å²) in [4.78, 5) is 16.8. The number of pyridine rings is 2. The van der Waals surface area contributed by atoms with Gasteiger partial charge in [0.05, 0.1) is 11.8 Å². The number of nitrogens with zero attached hydrogens (tertiary/aromatic N) is 2. The van der Waals surface area contributed by atoms with Crippen LogP contribution in [0.4, 0.5) is 4.39 Å². The quantitative estimate of drug-likeness (QED) is 0.153. The first-order valence-electron chi connectivity index (χ1n) is 12.3. The monoisotopic (exact) mass is 700 g/mol. The van der Waals surface area contributed by atoms with Gasteiger partial charge in [-0.3, -0.25) is 4.79 Å². The maximum Gasteiger partial charge on any atom is 2.00 e. The van der Waals surface area contributed by atoms with E-state index >= 15 is 0 Å². The first kappa shape index (κ1) is 31.4. The molecule has 2 aromatic carbocycles. The van der Waals surface area contributed by atoms with E-state index < -0.39 is 0 Å². The number of aryl methyl sites for hydroxylation is 2. The molecule has 0 amide bonds. The van der Waals surface area contributed by atoms with Gasteiger partial charge in [-0.25, -0.2) is 9.37 Å². The molecule has 0 radical (unpaired) electrons. The van der Waals surface area contributed by atoms with Crippen molar-refractivity contribution in [1.82, 2.24) is 4.98 Å². The Morgan fingerprint density at radius 1 is 1.00 bits per heavy atom. The maximum absolute atomic E-state index is 13.0. The molecule has 0 aliphatic heterocycles. The second-order valence-electron chi connectivity index (χ2n) is 9.34. The van der Waals surface area contributed by atoms with Crippen molar-refractivity contribution >= 4 is 27.8 Å². The SMILES string of the molecule is Cc1c(C)c2ccc[n+](COC(=O)Cc3ccc(F)cc3)c2c2ncccc12.O.[NH-]C1CCCC[C@@H]1[NH-].[Pt+2]. The number of carbonyl (C=O) groups is 1. The molecule has 1 aliphatic carbocycles. The Bertz CT molecular complexity index is 1360. The molecule has 7 nitrogen and oxygen atoms in total. The number of ether oxygens (including phenoxy) is 1. The van der Waals surface area contributed by atoms with E-state index in [4.69, 9.17) is 16.2 Å². The topological polar surface area (TPSA) is 122 Å². The number of halogens is 1. The van der Waals surface area contributed by atoms with E-state index in [2.05, 4.69) is 31.0 Å². The zero-order chi connectivity index (χ0) is 25.7. The second kappa shape index (κ2) is 14.4. The van der Waals surface area contributed by atoms with Crippen LogP contribution < -0.4 is 4.57 Å². The summed E-state index contributed by atoms with van der Waals surface area (Å²) < 4.78 is 20.4. The molecular formula is C29H34FN4O3Pt+. The average molecular weight is 701 g/mol. The van der Waals surface area contributed by atoms with Crippen molar-refractivity contribution in [1.29, 1.82) is 0 Å². The Labute approximate surface area is 237 Å². The molecule has 38 heavy (non-hydrogen) atoms. The van der Waals surface area contributed by atoms with Crippen molar-refractivity contribution in [3.05, 3.63) is 94.9 Å². The van der Waals surface area contributed by atoms with Crippen LogP contribution >= 0.6 is 0 Å². The van der Waals surface area contributed by atoms with Gasteiger partial charge in [0.15, 0.2) is 6.20 Å². The number of benzene rings is 2. The van der Waals surface area contributed by atoms with Crippen molar-refractivity contribution < 1.29 is 45.0 Å². The van der Waals surface area contributed by atoms with Crippen molar-refractivity contribution in [2.45, 2.75) is 64.8 Å². The molecule has 204 valence electrons. The van der Waals surface area contributed by atoms with Gasteiger partial charge in [0, 0.05) is 17.6 Å². The van der Waals surface area contributed by atoms with E-state index in [1.165, 1.54) is 36.1 Å². The largest absolute Gasteiger partial charge is 2.00 e. The van der Waals surface area contributed by atoms with Gasteiger partial charge in [-0.2, -0.15) is 16.7 Å². The standard InChI is InChI=1S/C23H20FN2O2.C6H12N2.H2O.Pt/c1-15-16(2)20-6-4-12-26(23(20)22-19(15)5-3-11-25-22)14-28-21(27)13-17-7-9-18(24)10-8-17;7-5-3-1-2-4-6(5)8;;/h3-12H,13-14H2,1-2H3;5-8H,1-4H2;1H2;/q+1;-2;;+2/t;5-,6?;;/m.0../s1. The molecule has 5 rings (SSSR count). The van der Waals surface area contributed by atoms with Crippen LogP contribution in [0.3, 0.4) is 0 Å². The maximum atomic E-state index is 13.0. The molecule has 0 spiro atoms. The van der Waals surface area contributed by atoms with Crippen molar-refractivity contribution in [2.24, 2.45) is 0 Å². The van der Waals surface area contributed by atoms with Crippen LogP contribution in [0.5, 0.6) is 0 Å². The van der Waals surface area contributed by atoms with Crippen molar-refractivity contribution in [3.63, 3.8) is 0 Å². The Hall–Kier alpha value is -2.77. The van der Waals surface area contributed by atoms with E-state index in [1.807, 2.05) is 22.9 Å². The van der Waals surface area contributed by atoms with Gasteiger partial charge in [0.1, 0.15) is 11.3 Å². The normalized spacial score (nSPS) is 16.6. The predicted molar refractivity (Wildman–Crippen MR) is 143 cm³/mol. The van der Waals surface area contributed by atoms with Gasteiger partial charge in [-0.15, -0.1) is 0 Å². The molecule has 9 heteroatoms. The molecule has 2 heterocycles. The number of fused-ring (bicyclic) bond motifs is 3. The number of hydrogen-bond acceptors (Lipinski definition) is 3. The van der Waals surface area contributed by atoms with E-state index in [9.17, 15) is 9.18 Å². The van der Waals surface area contributed by atoms with Gasteiger partial charge < -0.3 is 21.7 Å². The summed E-state index contributed by atoms with van der Waals surface area (Å²) in [5, 5.41) is 2.17. The summed E-state index contributed by atoms with van der Waals surface area (Å²) >= 11 is 0. The summed E-state index contributed by atoms with van der Waals surface area (Å²) in [5.41, 5.74) is 19.5. The van der Waals surface area contributed by atoms with Crippen LogP contribution in [0.25, 0.3) is 33.3 Å². The summed E-state index contributed by atoms with van der Waals surface area (Å²) in [6.45, 7) is 4.28. The molecule has 1 aliphatic rings. The van der Waals surface area contributed by atoms with Gasteiger partial charge >= 0.3 is 27.0 Å². The molecule has 2 atom stereocenters. The van der Waals surface area contributed by atoms with Gasteiger partial charge in [-0.05, 0) is 54.8 Å². The van der Waals surface area contributed by atoms with Gasteiger partial charge in [0.25, 0.3) is 6.73 Å². The third-order valence-corrected chi connectivity index (χ3v) is 6.87. The number of aromatic nitrogens is 2. The summed E-state index contributed by atoms with van der Waals surface area (Å²) in [6, 6.07) is 13.7. The van der Waals surface area contributed by atoms with Crippen LogP contribution in [-0.4, -0.2) is 28.5 Å². The Balaban J connectivity index is 0.000000438. The molecule has 2 aromatic heterocycles. The van der Waals surface area contributed by atoms with E-state index in [1.54, 1.807) is 18.3 Å². The number of esters is 1. The minimum atomic E-state index is -0.364. The van der Waals surface area contributed by atoms with Gasteiger partial charge in [0.2, 0.25) is 5.52 Å². The van der Waals surface area contributed by atoms with E-state index in [-0.39, 0.29) is 63.6 Å². The third kappa shape index (κ3) is 7.41. The molecule has 1 unspecified atom stereocenters. The Morgan fingerprint density at radius 2 is 1.61 bits per heavy atom. The fraction of sp³-hybridized carbons (Fsp3) is 0.345. The number of nitrogens with one attached hydrogen (secondary N) is 2. The van der Waals surface area contributed by atoms with Gasteiger partial charge in [-0.1, -0.05) is 43.9 Å². The molecule has 4 N–H and O–H groups in total. The average Bonchev–Trinajstić information content (AvgIpc) is 2.89. The molecule has 4 aromatic rings. The van der Waals surface area contributed by atoms with Crippen LogP contribution in [0.2, 0.25) is 0 Å². The summed E-state index contributed by atoms with van der Waals surface area (Å²) in [5.74, 6) is -0.689. The minimum Gasteiger partial charge on any atom is -0.676 e. The smallest absolute Gasteiger partial charge is 0.676 e. The number of hydrogen-bond donors (Lipinski definition) is 0. The zero-order valence-corrected chi connectivity index (χ0v) is 23.8. The van der Waals surface area contributed by atoms with Crippen LogP contribution in [0.15, 0.2) is 60.9 Å². The summed E-state index contributed by atoms with van der Waals surface area (Å²) in [6.07, 6.45) is 8.00. The molecule has 1 saturated carbocycles. The number of rotatable bonds is 4. The van der Waals surface area contributed by atoms with Crippen molar-refractivity contribution in [3.8, 4) is 0 Å². The first-order chi connectivity index (χ1) is 17.3. The molecule has 0 saturated heterocycles. The number of carbonyl (C=O) groups excluding carboxylic acids is 1. The van der Waals surface area contributed by atoms with Crippen molar-refractivity contribution in [2.75, 3.05) is 0 Å². The Kier molecular flexibility index (Phi) is 11.9. The minimum absolute atomic E-state index is 0. The molecular weight excluding hydrogens is 666 g/mol.